The van der Waals surface area contributed by atoms with Crippen molar-refractivity contribution in [1.82, 2.24) is 4.98 Å². The fourth-order valence-electron chi connectivity index (χ4n) is 1.64. The highest BCUT2D eigenvalue weighted by Crippen LogP contribution is 2.34. The van der Waals surface area contributed by atoms with Crippen molar-refractivity contribution in [3.8, 4) is 18.1 Å². The first-order valence-electron chi connectivity index (χ1n) is 6.46. The van der Waals surface area contributed by atoms with E-state index in [0.717, 1.165) is 6.20 Å². The molecule has 1 heterocycles. The number of ether oxygens (including phenoxy) is 1. The summed E-state index contributed by atoms with van der Waals surface area (Å²) in [6, 6.07) is 6.20. The summed E-state index contributed by atoms with van der Waals surface area (Å²) in [4.78, 5) is 13.9. The van der Waals surface area contributed by atoms with Crippen LogP contribution in [-0.2, 0) is 0 Å². The average molecular weight is 410 g/mol. The molecule has 0 aliphatic rings. The van der Waals surface area contributed by atoms with Crippen molar-refractivity contribution in [2.24, 2.45) is 5.10 Å². The van der Waals surface area contributed by atoms with Crippen LogP contribution in [0, 0.1) is 22.5 Å². The maximum absolute atomic E-state index is 10.5. The zero-order chi connectivity index (χ0) is 17.5. The molecule has 0 radical (unpaired) electrons. The number of aromatic nitrogens is 1. The largest absolute Gasteiger partial charge is 0.478 e. The van der Waals surface area contributed by atoms with Gasteiger partial charge in [-0.15, -0.1) is 6.42 Å². The minimum Gasteiger partial charge on any atom is -0.478 e. The van der Waals surface area contributed by atoms with E-state index in [4.69, 9.17) is 22.8 Å². The Morgan fingerprint density at radius 3 is 2.92 bits per heavy atom. The molecule has 0 bridgehead atoms. The van der Waals surface area contributed by atoms with E-state index >= 15 is 0 Å². The van der Waals surface area contributed by atoms with Gasteiger partial charge >= 0.3 is 0 Å². The van der Waals surface area contributed by atoms with Gasteiger partial charge in [0.2, 0.25) is 0 Å². The second-order valence-corrected chi connectivity index (χ2v) is 5.60. The van der Waals surface area contributed by atoms with Gasteiger partial charge in [-0.3, -0.25) is 15.5 Å². The molecule has 0 unspecified atom stereocenters. The van der Waals surface area contributed by atoms with Gasteiger partial charge in [0, 0.05) is 6.07 Å². The van der Waals surface area contributed by atoms with Crippen LogP contribution in [0.1, 0.15) is 5.56 Å². The van der Waals surface area contributed by atoms with E-state index in [1.54, 1.807) is 12.1 Å². The minimum atomic E-state index is -0.524. The number of halogens is 2. The fourth-order valence-corrected chi connectivity index (χ4v) is 2.63. The molecule has 2 rings (SSSR count). The SMILES string of the molecule is C#CCOc1c(Cl)cc(/C=N/Nc2ccc([N+](=O)[O-])cn2)cc1Br. The van der Waals surface area contributed by atoms with Crippen LogP contribution in [0.5, 0.6) is 5.75 Å². The third-order valence-electron chi connectivity index (χ3n) is 2.67. The standard InChI is InChI=1S/C15H10BrClN4O3/c1-2-5-24-15-12(16)6-10(7-13(15)17)8-19-20-14-4-3-11(9-18-14)21(22)23/h1,3-4,6-9H,5H2,(H,18,20)/b19-8+. The Hall–Kier alpha value is -2.63. The second kappa shape index (κ2) is 8.29. The summed E-state index contributed by atoms with van der Waals surface area (Å²) in [5.74, 6) is 3.19. The number of hydrogen-bond donors (Lipinski definition) is 1. The first-order valence-corrected chi connectivity index (χ1v) is 7.63. The summed E-state index contributed by atoms with van der Waals surface area (Å²) >= 11 is 9.48. The van der Waals surface area contributed by atoms with E-state index in [9.17, 15) is 10.1 Å². The molecule has 2 aromatic rings. The van der Waals surface area contributed by atoms with Crippen LogP contribution in [0.4, 0.5) is 11.5 Å². The summed E-state index contributed by atoms with van der Waals surface area (Å²) in [7, 11) is 0. The van der Waals surface area contributed by atoms with Gasteiger partial charge in [0.1, 0.15) is 18.6 Å². The first kappa shape index (κ1) is 17.7. The predicted molar refractivity (Wildman–Crippen MR) is 95.6 cm³/mol. The van der Waals surface area contributed by atoms with Crippen molar-refractivity contribution in [1.29, 1.82) is 0 Å². The topological polar surface area (TPSA) is 89.6 Å². The molecule has 0 amide bonds. The maximum Gasteiger partial charge on any atom is 0.287 e. The molecule has 0 aliphatic carbocycles. The number of nitrogens with zero attached hydrogens (tertiary/aromatic N) is 3. The highest BCUT2D eigenvalue weighted by molar-refractivity contribution is 9.10. The van der Waals surface area contributed by atoms with Crippen LogP contribution < -0.4 is 10.2 Å². The van der Waals surface area contributed by atoms with Crippen LogP contribution in [0.15, 0.2) is 40.0 Å². The second-order valence-electron chi connectivity index (χ2n) is 4.34. The Bertz CT molecular complexity index is 795. The van der Waals surface area contributed by atoms with Crippen molar-refractivity contribution in [2.45, 2.75) is 0 Å². The third kappa shape index (κ3) is 4.68. The van der Waals surface area contributed by atoms with Gasteiger partial charge in [-0.1, -0.05) is 17.5 Å². The summed E-state index contributed by atoms with van der Waals surface area (Å²) in [5.41, 5.74) is 3.28. The van der Waals surface area contributed by atoms with Gasteiger partial charge < -0.3 is 4.74 Å². The zero-order valence-electron chi connectivity index (χ0n) is 12.1. The highest BCUT2D eigenvalue weighted by Gasteiger charge is 2.08. The normalized spacial score (nSPS) is 10.4. The molecule has 24 heavy (non-hydrogen) atoms. The smallest absolute Gasteiger partial charge is 0.287 e. The van der Waals surface area contributed by atoms with E-state index in [1.165, 1.54) is 18.3 Å². The van der Waals surface area contributed by atoms with Gasteiger partial charge in [-0.25, -0.2) is 4.98 Å². The summed E-state index contributed by atoms with van der Waals surface area (Å²) in [6.45, 7) is 0.110. The summed E-state index contributed by atoms with van der Waals surface area (Å²) < 4.78 is 5.97. The Kier molecular flexibility index (Phi) is 6.12. The number of terminal acetylenes is 1. The molecule has 9 heteroatoms. The van der Waals surface area contributed by atoms with Crippen LogP contribution >= 0.6 is 27.5 Å². The predicted octanol–water partition coefficient (Wildman–Crippen LogP) is 3.86. The molecular formula is C15H10BrClN4O3. The number of anilines is 1. The Balaban J connectivity index is 2.06. The van der Waals surface area contributed by atoms with Crippen molar-refractivity contribution < 1.29 is 9.66 Å². The van der Waals surface area contributed by atoms with E-state index in [0.29, 0.717) is 26.6 Å². The number of rotatable bonds is 6. The van der Waals surface area contributed by atoms with Crippen LogP contribution in [0.3, 0.4) is 0 Å². The minimum absolute atomic E-state index is 0.0946. The van der Waals surface area contributed by atoms with Gasteiger partial charge in [0.25, 0.3) is 5.69 Å². The Labute approximate surface area is 151 Å². The molecule has 1 N–H and O–H groups in total. The first-order chi connectivity index (χ1) is 11.5. The molecule has 0 saturated carbocycles. The lowest BCUT2D eigenvalue weighted by Crippen LogP contribution is -1.97. The molecule has 0 atom stereocenters. The number of pyridine rings is 1. The van der Waals surface area contributed by atoms with Gasteiger partial charge in [0.05, 0.1) is 20.6 Å². The highest BCUT2D eigenvalue weighted by atomic mass is 79.9. The number of nitrogens with one attached hydrogen (secondary N) is 1. The van der Waals surface area contributed by atoms with Crippen molar-refractivity contribution >= 4 is 45.3 Å². The van der Waals surface area contributed by atoms with Crippen molar-refractivity contribution in [2.75, 3.05) is 12.0 Å². The monoisotopic (exact) mass is 408 g/mol. The van der Waals surface area contributed by atoms with E-state index in [1.807, 2.05) is 0 Å². The van der Waals surface area contributed by atoms with E-state index < -0.39 is 4.92 Å². The van der Waals surface area contributed by atoms with E-state index in [2.05, 4.69) is 37.4 Å². The molecule has 7 nitrogen and oxygen atoms in total. The van der Waals surface area contributed by atoms with Crippen LogP contribution in [0.25, 0.3) is 0 Å². The number of hydrazone groups is 1. The lowest BCUT2D eigenvalue weighted by Gasteiger charge is -2.08. The van der Waals surface area contributed by atoms with E-state index in [-0.39, 0.29) is 12.3 Å². The van der Waals surface area contributed by atoms with Gasteiger partial charge in [-0.05, 0) is 39.7 Å². The zero-order valence-corrected chi connectivity index (χ0v) is 14.4. The summed E-state index contributed by atoms with van der Waals surface area (Å²) in [5, 5.41) is 14.9. The molecule has 0 fully saturated rings. The molecule has 0 aliphatic heterocycles. The molecule has 0 spiro atoms. The molecular weight excluding hydrogens is 400 g/mol. The Morgan fingerprint density at radius 2 is 2.33 bits per heavy atom. The molecule has 122 valence electrons. The van der Waals surface area contributed by atoms with Crippen LogP contribution in [-0.4, -0.2) is 22.7 Å². The summed E-state index contributed by atoms with van der Waals surface area (Å²) in [6.07, 6.45) is 7.81. The fraction of sp³-hybridized carbons (Fsp3) is 0.0667. The maximum atomic E-state index is 10.5. The van der Waals surface area contributed by atoms with Crippen LogP contribution in [0.2, 0.25) is 5.02 Å². The lowest BCUT2D eigenvalue weighted by molar-refractivity contribution is -0.385. The quantitative estimate of drug-likeness (QED) is 0.339. The molecule has 0 saturated heterocycles. The third-order valence-corrected chi connectivity index (χ3v) is 3.54. The number of hydrogen-bond acceptors (Lipinski definition) is 6. The molecule has 1 aromatic carbocycles. The Morgan fingerprint density at radius 1 is 1.54 bits per heavy atom. The van der Waals surface area contributed by atoms with Gasteiger partial charge in [-0.2, -0.15) is 5.10 Å². The lowest BCUT2D eigenvalue weighted by atomic mass is 10.2. The van der Waals surface area contributed by atoms with Crippen molar-refractivity contribution in [3.63, 3.8) is 0 Å². The van der Waals surface area contributed by atoms with Gasteiger partial charge in [0.15, 0.2) is 5.75 Å². The average Bonchev–Trinajstić information content (AvgIpc) is 2.54. The van der Waals surface area contributed by atoms with Crippen molar-refractivity contribution in [3.05, 3.63) is 55.6 Å². The number of benzene rings is 1. The molecule has 1 aromatic heterocycles. The number of nitro groups is 1.